The summed E-state index contributed by atoms with van der Waals surface area (Å²) in [6.45, 7) is 1.82. The molecule has 0 aliphatic heterocycles. The molecular formula is C8H13N2O3PS2. The summed E-state index contributed by atoms with van der Waals surface area (Å²) in [5.74, 6) is 0.333. The van der Waals surface area contributed by atoms with Crippen LogP contribution in [0.15, 0.2) is 16.9 Å². The van der Waals surface area contributed by atoms with Crippen molar-refractivity contribution in [1.29, 1.82) is 0 Å². The first-order chi connectivity index (χ1) is 7.50. The molecule has 0 aliphatic rings. The van der Waals surface area contributed by atoms with Gasteiger partial charge in [-0.1, -0.05) is 0 Å². The van der Waals surface area contributed by atoms with Gasteiger partial charge in [-0.2, -0.15) is 5.10 Å². The third kappa shape index (κ3) is 3.68. The Morgan fingerprint density at radius 2 is 2.12 bits per heavy atom. The molecular weight excluding hydrogens is 267 g/mol. The summed E-state index contributed by atoms with van der Waals surface area (Å²) < 4.78 is 11.6. The van der Waals surface area contributed by atoms with Gasteiger partial charge in [0.2, 0.25) is 5.69 Å². The zero-order chi connectivity index (χ0) is 12.2. The minimum atomic E-state index is -2.33. The Balaban J connectivity index is 2.78. The van der Waals surface area contributed by atoms with E-state index in [0.29, 0.717) is 5.88 Å². The zero-order valence-electron chi connectivity index (χ0n) is 9.24. The maximum Gasteiger partial charge on any atom is 0.267 e. The molecule has 90 valence electrons. The number of hydrogen-bond donors (Lipinski definition) is 0. The van der Waals surface area contributed by atoms with Gasteiger partial charge in [0.25, 0.3) is 5.56 Å². The fourth-order valence-corrected chi connectivity index (χ4v) is 3.55. The van der Waals surface area contributed by atoms with Crippen molar-refractivity contribution in [3.05, 3.63) is 28.2 Å². The molecule has 0 saturated carbocycles. The first-order valence-corrected chi connectivity index (χ1v) is 8.64. The molecule has 0 unspecified atom stereocenters. The van der Waals surface area contributed by atoms with Gasteiger partial charge < -0.3 is 9.05 Å². The van der Waals surface area contributed by atoms with Crippen molar-refractivity contribution >= 4 is 28.9 Å². The van der Waals surface area contributed by atoms with Crippen molar-refractivity contribution in [3.63, 3.8) is 0 Å². The van der Waals surface area contributed by atoms with E-state index in [1.54, 1.807) is 6.07 Å². The summed E-state index contributed by atoms with van der Waals surface area (Å²) in [7, 11) is 3.01. The summed E-state index contributed by atoms with van der Waals surface area (Å²) in [6, 6.07) is 3.15. The van der Waals surface area contributed by atoms with Crippen LogP contribution in [0.2, 0.25) is 0 Å². The van der Waals surface area contributed by atoms with Crippen LogP contribution in [0.1, 0.15) is 5.69 Å². The minimum Gasteiger partial charge on any atom is -0.325 e. The predicted octanol–water partition coefficient (Wildman–Crippen LogP) is 1.76. The average molecular weight is 280 g/mol. The highest BCUT2D eigenvalue weighted by molar-refractivity contribution is 8.67. The normalized spacial score (nSPS) is 11.7. The Morgan fingerprint density at radius 3 is 2.69 bits per heavy atom. The smallest absolute Gasteiger partial charge is 0.267 e. The van der Waals surface area contributed by atoms with Crippen molar-refractivity contribution in [3.8, 4) is 0 Å². The van der Waals surface area contributed by atoms with Gasteiger partial charge in [0, 0.05) is 20.3 Å². The molecule has 0 spiro atoms. The van der Waals surface area contributed by atoms with Crippen LogP contribution < -0.4 is 5.56 Å². The van der Waals surface area contributed by atoms with E-state index in [0.717, 1.165) is 5.69 Å². The van der Waals surface area contributed by atoms with Crippen LogP contribution >= 0.6 is 17.1 Å². The predicted molar refractivity (Wildman–Crippen MR) is 69.1 cm³/mol. The molecule has 0 fully saturated rings. The molecule has 1 rings (SSSR count). The summed E-state index contributed by atoms with van der Waals surface area (Å²) in [5.41, 5.74) is -1.71. The van der Waals surface area contributed by atoms with Gasteiger partial charge in [-0.3, -0.25) is 4.79 Å². The monoisotopic (exact) mass is 280 g/mol. The zero-order valence-corrected chi connectivity index (χ0v) is 11.8. The molecule has 1 aromatic rings. The molecule has 0 saturated heterocycles. The Kier molecular flexibility index (Phi) is 5.14. The Hall–Kier alpha value is -0.200. The van der Waals surface area contributed by atoms with Crippen LogP contribution in [-0.2, 0) is 26.7 Å². The Bertz CT molecular complexity index is 455. The molecule has 5 nitrogen and oxygen atoms in total. The first kappa shape index (κ1) is 13.9. The van der Waals surface area contributed by atoms with E-state index in [1.165, 1.54) is 36.3 Å². The fraction of sp³-hybridized carbons (Fsp3) is 0.500. The number of aromatic nitrogens is 2. The lowest BCUT2D eigenvalue weighted by Gasteiger charge is -2.16. The molecule has 0 atom stereocenters. The number of aryl methyl sites for hydroxylation is 1. The average Bonchev–Trinajstić information content (AvgIpc) is 2.30. The maximum absolute atomic E-state index is 11.4. The second-order valence-electron chi connectivity index (χ2n) is 2.88. The quantitative estimate of drug-likeness (QED) is 0.766. The highest BCUT2D eigenvalue weighted by atomic mass is 32.9. The van der Waals surface area contributed by atoms with Gasteiger partial charge in [-0.15, -0.1) is 0 Å². The highest BCUT2D eigenvalue weighted by Crippen LogP contribution is 2.60. The molecule has 8 heteroatoms. The first-order valence-electron chi connectivity index (χ1n) is 4.41. The van der Waals surface area contributed by atoms with Crippen LogP contribution in [0.4, 0.5) is 0 Å². The van der Waals surface area contributed by atoms with Gasteiger partial charge in [-0.05, 0) is 36.2 Å². The van der Waals surface area contributed by atoms with Crippen LogP contribution in [0.5, 0.6) is 0 Å². The molecule has 1 aromatic heterocycles. The van der Waals surface area contributed by atoms with E-state index in [1.807, 2.05) is 6.92 Å². The second kappa shape index (κ2) is 5.93. The Morgan fingerprint density at radius 1 is 1.50 bits per heavy atom. The van der Waals surface area contributed by atoms with Gasteiger partial charge in [-0.25, -0.2) is 4.68 Å². The van der Waals surface area contributed by atoms with Gasteiger partial charge in [0.05, 0.1) is 11.6 Å². The molecule has 0 amide bonds. The molecule has 0 radical (unpaired) electrons. The number of rotatable bonds is 5. The van der Waals surface area contributed by atoms with E-state index in [9.17, 15) is 4.79 Å². The van der Waals surface area contributed by atoms with Crippen LogP contribution in [0.25, 0.3) is 0 Å². The summed E-state index contributed by atoms with van der Waals surface area (Å²) >= 11 is 6.45. The molecule has 0 N–H and O–H groups in total. The van der Waals surface area contributed by atoms with Gasteiger partial charge >= 0.3 is 0 Å². The van der Waals surface area contributed by atoms with E-state index in [-0.39, 0.29) is 5.56 Å². The topological polar surface area (TPSA) is 53.4 Å². The molecule has 0 aliphatic carbocycles. The highest BCUT2D eigenvalue weighted by Gasteiger charge is 2.16. The molecule has 16 heavy (non-hydrogen) atoms. The largest absolute Gasteiger partial charge is 0.325 e. The lowest BCUT2D eigenvalue weighted by molar-refractivity contribution is 0.353. The van der Waals surface area contributed by atoms with E-state index in [4.69, 9.17) is 20.9 Å². The third-order valence-corrected chi connectivity index (χ3v) is 7.39. The van der Waals surface area contributed by atoms with Crippen molar-refractivity contribution in [2.24, 2.45) is 0 Å². The fourth-order valence-electron chi connectivity index (χ4n) is 0.949. The summed E-state index contributed by atoms with van der Waals surface area (Å²) in [5, 5.41) is 4.09. The van der Waals surface area contributed by atoms with Gasteiger partial charge in [0.1, 0.15) is 0 Å². The van der Waals surface area contributed by atoms with Gasteiger partial charge in [0.15, 0.2) is 0 Å². The van der Waals surface area contributed by atoms with Crippen LogP contribution in [-0.4, -0.2) is 24.0 Å². The minimum absolute atomic E-state index is 0.160. The molecule has 0 bridgehead atoms. The third-order valence-electron chi connectivity index (χ3n) is 1.79. The summed E-state index contributed by atoms with van der Waals surface area (Å²) in [4.78, 5) is 11.4. The SMILES string of the molecule is COP(=S)(OC)SCn1nc(C)ccc1=O. The summed E-state index contributed by atoms with van der Waals surface area (Å²) in [6.07, 6.45) is 0. The Labute approximate surface area is 103 Å². The lowest BCUT2D eigenvalue weighted by atomic mass is 10.4. The van der Waals surface area contributed by atoms with E-state index in [2.05, 4.69) is 5.10 Å². The molecule has 1 heterocycles. The standard InChI is InChI=1S/C8H13N2O3PS2/c1-7-4-5-8(11)10(9-7)6-16-14(15,12-2)13-3/h4-5H,6H2,1-3H3. The van der Waals surface area contributed by atoms with Crippen molar-refractivity contribution in [1.82, 2.24) is 9.78 Å². The number of nitrogens with zero attached hydrogens (tertiary/aromatic N) is 2. The van der Waals surface area contributed by atoms with Crippen LogP contribution in [0.3, 0.4) is 0 Å². The lowest BCUT2D eigenvalue weighted by Crippen LogP contribution is -2.21. The van der Waals surface area contributed by atoms with E-state index < -0.39 is 5.69 Å². The second-order valence-corrected chi connectivity index (χ2v) is 9.38. The van der Waals surface area contributed by atoms with E-state index >= 15 is 0 Å². The number of hydrogen-bond acceptors (Lipinski definition) is 6. The maximum atomic E-state index is 11.4. The van der Waals surface area contributed by atoms with Crippen LogP contribution in [0, 0.1) is 6.92 Å². The molecule has 0 aromatic carbocycles. The van der Waals surface area contributed by atoms with Crippen molar-refractivity contribution in [2.45, 2.75) is 12.8 Å². The van der Waals surface area contributed by atoms with Crippen molar-refractivity contribution < 1.29 is 9.05 Å². The van der Waals surface area contributed by atoms with Crippen molar-refractivity contribution in [2.75, 3.05) is 14.2 Å².